The van der Waals surface area contributed by atoms with E-state index in [1.165, 1.54) is 24.3 Å². The van der Waals surface area contributed by atoms with Crippen LogP contribution >= 0.6 is 0 Å². The number of hydrogen-bond donors (Lipinski definition) is 6. The third kappa shape index (κ3) is 4.80. The molecule has 32 heavy (non-hydrogen) atoms. The Labute approximate surface area is 186 Å². The van der Waals surface area contributed by atoms with Crippen molar-refractivity contribution in [1.29, 1.82) is 0 Å². The zero-order chi connectivity index (χ0) is 24.4. The number of hydrogen-bond acceptors (Lipinski definition) is 8. The van der Waals surface area contributed by atoms with Crippen LogP contribution in [0.2, 0.25) is 0 Å². The first-order chi connectivity index (χ1) is 14.9. The molecule has 2 aromatic carbocycles. The predicted octanol–water partition coefficient (Wildman–Crippen LogP) is 0.153. The molecule has 6 N–H and O–H groups in total. The van der Waals surface area contributed by atoms with Gasteiger partial charge in [0.2, 0.25) is 17.2 Å². The highest BCUT2D eigenvalue weighted by molar-refractivity contribution is 6.23. The average Bonchev–Trinajstić information content (AvgIpc) is 2.78. The summed E-state index contributed by atoms with van der Waals surface area (Å²) in [5.41, 5.74) is -0.253. The van der Waals surface area contributed by atoms with E-state index in [4.69, 9.17) is 5.11 Å². The number of aryl methyl sites for hydroxylation is 4. The average molecular weight is 446 g/mol. The number of rotatable bonds is 9. The van der Waals surface area contributed by atoms with E-state index in [1.807, 2.05) is 0 Å². The standard InChI is InChI=1S/C24H30O8/c1-12-5-7-16(9-14(12)3)21(29)24(32,23(31)20(28)19(27)18(26)11-25)22(30)17-8-6-13(2)15(4)10-17/h5-10,18-20,23,25-28,31-32H,11H2,1-4H3/t18-,19+,20+,23+/m0/s1. The molecular weight excluding hydrogens is 416 g/mol. The van der Waals surface area contributed by atoms with E-state index in [2.05, 4.69) is 0 Å². The van der Waals surface area contributed by atoms with Crippen LogP contribution in [0, 0.1) is 27.7 Å². The highest BCUT2D eigenvalue weighted by atomic mass is 16.4. The number of Topliss-reactive ketones (excluding diaryl/α,β-unsaturated/α-hetero) is 2. The first-order valence-corrected chi connectivity index (χ1v) is 10.2. The van der Waals surface area contributed by atoms with Crippen LogP contribution in [0.5, 0.6) is 0 Å². The van der Waals surface area contributed by atoms with Crippen LogP contribution in [-0.4, -0.2) is 78.8 Å². The molecule has 0 spiro atoms. The number of aliphatic hydroxyl groups is 6. The van der Waals surface area contributed by atoms with E-state index in [9.17, 15) is 35.1 Å². The highest BCUT2D eigenvalue weighted by Gasteiger charge is 2.55. The molecule has 174 valence electrons. The Morgan fingerprint density at radius 1 is 0.750 bits per heavy atom. The van der Waals surface area contributed by atoms with Crippen LogP contribution in [0.3, 0.4) is 0 Å². The first-order valence-electron chi connectivity index (χ1n) is 10.2. The molecule has 0 aromatic heterocycles. The monoisotopic (exact) mass is 446 g/mol. The summed E-state index contributed by atoms with van der Waals surface area (Å²) in [5, 5.41) is 61.2. The molecule has 8 heteroatoms. The third-order valence-electron chi connectivity index (χ3n) is 5.91. The minimum absolute atomic E-state index is 0.0868. The molecule has 0 bridgehead atoms. The van der Waals surface area contributed by atoms with Crippen LogP contribution in [-0.2, 0) is 0 Å². The van der Waals surface area contributed by atoms with E-state index in [-0.39, 0.29) is 11.1 Å². The molecule has 0 aliphatic heterocycles. The zero-order valence-electron chi connectivity index (χ0n) is 18.5. The van der Waals surface area contributed by atoms with Crippen molar-refractivity contribution in [2.75, 3.05) is 6.61 Å². The smallest absolute Gasteiger partial charge is 0.219 e. The van der Waals surface area contributed by atoms with Crippen LogP contribution in [0.1, 0.15) is 43.0 Å². The number of carbonyl (C=O) groups is 2. The summed E-state index contributed by atoms with van der Waals surface area (Å²) in [6.45, 7) is 6.11. The molecule has 0 heterocycles. The predicted molar refractivity (Wildman–Crippen MR) is 117 cm³/mol. The van der Waals surface area contributed by atoms with Gasteiger partial charge in [0.05, 0.1) is 6.61 Å². The number of carbonyl (C=O) groups excluding carboxylic acids is 2. The van der Waals surface area contributed by atoms with Crippen molar-refractivity contribution in [2.45, 2.75) is 57.7 Å². The molecule has 2 rings (SSSR count). The third-order valence-corrected chi connectivity index (χ3v) is 5.91. The summed E-state index contributed by atoms with van der Waals surface area (Å²) >= 11 is 0. The Kier molecular flexibility index (Phi) is 8.06. The maximum atomic E-state index is 13.4. The van der Waals surface area contributed by atoms with Crippen LogP contribution < -0.4 is 0 Å². The van der Waals surface area contributed by atoms with Gasteiger partial charge >= 0.3 is 0 Å². The fourth-order valence-corrected chi connectivity index (χ4v) is 3.35. The van der Waals surface area contributed by atoms with Crippen molar-refractivity contribution in [3.8, 4) is 0 Å². The van der Waals surface area contributed by atoms with Gasteiger partial charge in [-0.3, -0.25) is 9.59 Å². The SMILES string of the molecule is Cc1ccc(C(=O)C(O)(C(=O)c2ccc(C)c(C)c2)[C@H](O)[C@H](O)[C@H](O)[C@@H](O)CO)cc1C. The van der Waals surface area contributed by atoms with Gasteiger partial charge in [-0.15, -0.1) is 0 Å². The molecule has 2 aromatic rings. The van der Waals surface area contributed by atoms with Gasteiger partial charge in [0.15, 0.2) is 0 Å². The van der Waals surface area contributed by atoms with Crippen LogP contribution in [0.25, 0.3) is 0 Å². The minimum atomic E-state index is -3.18. The second-order valence-electron chi connectivity index (χ2n) is 8.20. The van der Waals surface area contributed by atoms with Crippen molar-refractivity contribution in [1.82, 2.24) is 0 Å². The second-order valence-corrected chi connectivity index (χ2v) is 8.20. The van der Waals surface area contributed by atoms with Gasteiger partial charge < -0.3 is 30.6 Å². The zero-order valence-corrected chi connectivity index (χ0v) is 18.5. The van der Waals surface area contributed by atoms with E-state index >= 15 is 0 Å². The number of benzene rings is 2. The Hall–Kier alpha value is -2.46. The van der Waals surface area contributed by atoms with Crippen molar-refractivity contribution < 1.29 is 40.2 Å². The maximum absolute atomic E-state index is 13.4. The number of aliphatic hydroxyl groups excluding tert-OH is 5. The molecule has 0 radical (unpaired) electrons. The fourth-order valence-electron chi connectivity index (χ4n) is 3.35. The topological polar surface area (TPSA) is 156 Å². The molecule has 8 nitrogen and oxygen atoms in total. The summed E-state index contributed by atoms with van der Waals surface area (Å²) in [4.78, 5) is 26.7. The molecule has 0 amide bonds. The van der Waals surface area contributed by atoms with Crippen molar-refractivity contribution in [2.24, 2.45) is 0 Å². The maximum Gasteiger partial charge on any atom is 0.219 e. The van der Waals surface area contributed by atoms with Crippen LogP contribution in [0.15, 0.2) is 36.4 Å². The van der Waals surface area contributed by atoms with Gasteiger partial charge in [-0.05, 0) is 62.1 Å². The van der Waals surface area contributed by atoms with Gasteiger partial charge in [0.1, 0.15) is 24.4 Å². The summed E-state index contributed by atoms with van der Waals surface area (Å²) in [5.74, 6) is -2.36. The van der Waals surface area contributed by atoms with Crippen molar-refractivity contribution >= 4 is 11.6 Å². The second kappa shape index (κ2) is 9.99. The lowest BCUT2D eigenvalue weighted by molar-refractivity contribution is -0.148. The Balaban J connectivity index is 2.63. The lowest BCUT2D eigenvalue weighted by Gasteiger charge is -2.35. The lowest BCUT2D eigenvalue weighted by Crippen LogP contribution is -2.63. The summed E-state index contributed by atoms with van der Waals surface area (Å²) in [7, 11) is 0. The normalized spacial score (nSPS) is 15.7. The summed E-state index contributed by atoms with van der Waals surface area (Å²) in [6, 6.07) is 8.85. The molecule has 0 fully saturated rings. The van der Waals surface area contributed by atoms with E-state index in [1.54, 1.807) is 39.8 Å². The quantitative estimate of drug-likeness (QED) is 0.235. The molecule has 0 aliphatic rings. The Bertz CT molecular complexity index is 936. The van der Waals surface area contributed by atoms with Crippen molar-refractivity contribution in [3.05, 3.63) is 69.8 Å². The minimum Gasteiger partial charge on any atom is -0.394 e. The lowest BCUT2D eigenvalue weighted by atomic mass is 9.77. The van der Waals surface area contributed by atoms with E-state index in [0.29, 0.717) is 11.1 Å². The summed E-state index contributed by atoms with van der Waals surface area (Å²) in [6.07, 6.45) is -8.85. The van der Waals surface area contributed by atoms with Gasteiger partial charge in [-0.2, -0.15) is 0 Å². The molecular formula is C24H30O8. The van der Waals surface area contributed by atoms with Gasteiger partial charge in [0, 0.05) is 11.1 Å². The van der Waals surface area contributed by atoms with Gasteiger partial charge in [0.25, 0.3) is 0 Å². The Morgan fingerprint density at radius 3 is 1.50 bits per heavy atom. The molecule has 0 aliphatic carbocycles. The molecule has 0 saturated heterocycles. The van der Waals surface area contributed by atoms with E-state index in [0.717, 1.165) is 11.1 Å². The first kappa shape index (κ1) is 25.8. The fraction of sp³-hybridized carbons (Fsp3) is 0.417. The van der Waals surface area contributed by atoms with Crippen molar-refractivity contribution in [3.63, 3.8) is 0 Å². The number of ketones is 2. The highest BCUT2D eigenvalue weighted by Crippen LogP contribution is 2.28. The summed E-state index contributed by atoms with van der Waals surface area (Å²) < 4.78 is 0. The molecule has 0 saturated carbocycles. The van der Waals surface area contributed by atoms with E-state index < -0.39 is 48.2 Å². The molecule has 4 atom stereocenters. The van der Waals surface area contributed by atoms with Crippen LogP contribution in [0.4, 0.5) is 0 Å². The molecule has 0 unspecified atom stereocenters. The largest absolute Gasteiger partial charge is 0.394 e. The van der Waals surface area contributed by atoms with Gasteiger partial charge in [-0.1, -0.05) is 24.3 Å². The van der Waals surface area contributed by atoms with Gasteiger partial charge in [-0.25, -0.2) is 0 Å². The Morgan fingerprint density at radius 2 is 1.16 bits per heavy atom.